The first kappa shape index (κ1) is 24.0. The van der Waals surface area contributed by atoms with Gasteiger partial charge in [-0.3, -0.25) is 19.4 Å². The van der Waals surface area contributed by atoms with Gasteiger partial charge in [-0.2, -0.15) is 0 Å². The van der Waals surface area contributed by atoms with Crippen LogP contribution in [0.4, 0.5) is 5.69 Å². The lowest BCUT2D eigenvalue weighted by atomic mass is 10.1. The summed E-state index contributed by atoms with van der Waals surface area (Å²) < 4.78 is 34.2. The number of nitrogens with zero attached hydrogens (tertiary/aromatic N) is 3. The number of methoxy groups -OCH3 is 1. The van der Waals surface area contributed by atoms with Gasteiger partial charge < -0.3 is 9.64 Å². The van der Waals surface area contributed by atoms with Crippen molar-refractivity contribution in [3.05, 3.63) is 71.8 Å². The number of nitrogens with one attached hydrogen (secondary N) is 1. The van der Waals surface area contributed by atoms with Gasteiger partial charge in [0.15, 0.2) is 0 Å². The van der Waals surface area contributed by atoms with Crippen LogP contribution in [-0.4, -0.2) is 69.7 Å². The number of carbonyl (C=O) groups excluding carboxylic acids is 1. The Kier molecular flexibility index (Phi) is 7.04. The monoisotopic (exact) mass is 482 g/mol. The number of aliphatic imine (C=N–C) groups is 1. The summed E-state index contributed by atoms with van der Waals surface area (Å²) in [6.07, 6.45) is 8.64. The second-order valence-electron chi connectivity index (χ2n) is 8.63. The van der Waals surface area contributed by atoms with Gasteiger partial charge in [-0.05, 0) is 48.6 Å². The summed E-state index contributed by atoms with van der Waals surface area (Å²) in [6.45, 7) is 11.6. The molecule has 180 valence electrons. The van der Waals surface area contributed by atoms with Gasteiger partial charge in [-0.15, -0.1) is 0 Å². The van der Waals surface area contributed by atoms with Gasteiger partial charge in [0.05, 0.1) is 18.5 Å². The van der Waals surface area contributed by atoms with E-state index in [1.54, 1.807) is 30.4 Å². The van der Waals surface area contributed by atoms with Crippen molar-refractivity contribution < 1.29 is 17.9 Å². The van der Waals surface area contributed by atoms with Crippen molar-refractivity contribution in [2.45, 2.75) is 12.8 Å². The van der Waals surface area contributed by atoms with Crippen LogP contribution < -0.4 is 9.46 Å². The second-order valence-corrected chi connectivity index (χ2v) is 10.3. The van der Waals surface area contributed by atoms with Crippen LogP contribution in [0.1, 0.15) is 23.2 Å². The van der Waals surface area contributed by atoms with Crippen molar-refractivity contribution in [3.8, 4) is 5.75 Å². The van der Waals surface area contributed by atoms with Crippen LogP contribution in [0.25, 0.3) is 0 Å². The Balaban J connectivity index is 1.49. The summed E-state index contributed by atoms with van der Waals surface area (Å²) >= 11 is 0. The SMILES string of the molecule is C=CN=C1C(=C)C=CC=C1S(=O)(=O)Nc1ccc(C(=O)N2CCN(CC3CC3)CC2)cc1OC. The van der Waals surface area contributed by atoms with Gasteiger partial charge in [-0.1, -0.05) is 25.3 Å². The third-order valence-corrected chi connectivity index (χ3v) is 7.56. The van der Waals surface area contributed by atoms with E-state index in [0.717, 1.165) is 25.6 Å². The maximum absolute atomic E-state index is 13.1. The first-order chi connectivity index (χ1) is 16.3. The van der Waals surface area contributed by atoms with E-state index < -0.39 is 10.0 Å². The van der Waals surface area contributed by atoms with E-state index in [1.165, 1.54) is 32.2 Å². The van der Waals surface area contributed by atoms with E-state index in [-0.39, 0.29) is 28.0 Å². The number of carbonyl (C=O) groups is 1. The number of allylic oxidation sites excluding steroid dienone is 5. The molecule has 1 heterocycles. The molecule has 1 saturated heterocycles. The molecule has 1 saturated carbocycles. The van der Waals surface area contributed by atoms with Crippen LogP contribution in [0.2, 0.25) is 0 Å². The maximum Gasteiger partial charge on any atom is 0.264 e. The van der Waals surface area contributed by atoms with E-state index in [0.29, 0.717) is 24.2 Å². The molecule has 2 aliphatic carbocycles. The van der Waals surface area contributed by atoms with Crippen LogP contribution in [0.15, 0.2) is 71.3 Å². The lowest BCUT2D eigenvalue weighted by molar-refractivity contribution is 0.0631. The van der Waals surface area contributed by atoms with E-state index in [1.807, 2.05) is 4.90 Å². The Labute approximate surface area is 201 Å². The minimum atomic E-state index is -4.00. The summed E-state index contributed by atoms with van der Waals surface area (Å²) in [5.74, 6) is 1.01. The van der Waals surface area contributed by atoms with Gasteiger partial charge in [0, 0.05) is 44.5 Å². The van der Waals surface area contributed by atoms with Crippen molar-refractivity contribution in [1.82, 2.24) is 9.80 Å². The Morgan fingerprint density at radius 2 is 2.00 bits per heavy atom. The largest absolute Gasteiger partial charge is 0.495 e. The molecule has 3 aliphatic rings. The Morgan fingerprint density at radius 3 is 2.65 bits per heavy atom. The summed E-state index contributed by atoms with van der Waals surface area (Å²) in [5.41, 5.74) is 1.37. The van der Waals surface area contributed by atoms with Crippen molar-refractivity contribution in [2.75, 3.05) is 44.6 Å². The van der Waals surface area contributed by atoms with Crippen LogP contribution in [-0.2, 0) is 10.0 Å². The minimum absolute atomic E-state index is 0.0221. The highest BCUT2D eigenvalue weighted by Crippen LogP contribution is 2.31. The minimum Gasteiger partial charge on any atom is -0.495 e. The number of benzene rings is 1. The predicted molar refractivity (Wildman–Crippen MR) is 135 cm³/mol. The van der Waals surface area contributed by atoms with E-state index >= 15 is 0 Å². The van der Waals surface area contributed by atoms with Crippen LogP contribution >= 0.6 is 0 Å². The summed E-state index contributed by atoms with van der Waals surface area (Å²) in [4.78, 5) is 21.4. The molecule has 1 aliphatic heterocycles. The first-order valence-corrected chi connectivity index (χ1v) is 12.8. The summed E-state index contributed by atoms with van der Waals surface area (Å²) in [5, 5.41) is 0. The second kappa shape index (κ2) is 9.99. The molecular weight excluding hydrogens is 452 g/mol. The van der Waals surface area contributed by atoms with Gasteiger partial charge in [0.25, 0.3) is 15.9 Å². The van der Waals surface area contributed by atoms with Crippen LogP contribution in [0.5, 0.6) is 5.75 Å². The number of sulfonamides is 1. The topological polar surface area (TPSA) is 91.3 Å². The normalized spacial score (nSPS) is 20.3. The highest BCUT2D eigenvalue weighted by molar-refractivity contribution is 7.97. The number of ether oxygens (including phenoxy) is 1. The zero-order valence-corrected chi connectivity index (χ0v) is 20.2. The zero-order chi connectivity index (χ0) is 24.3. The Morgan fingerprint density at radius 1 is 1.26 bits per heavy atom. The summed E-state index contributed by atoms with van der Waals surface area (Å²) in [6, 6.07) is 4.74. The van der Waals surface area contributed by atoms with Gasteiger partial charge >= 0.3 is 0 Å². The molecule has 8 nitrogen and oxygen atoms in total. The average molecular weight is 483 g/mol. The summed E-state index contributed by atoms with van der Waals surface area (Å²) in [7, 11) is -2.56. The smallest absolute Gasteiger partial charge is 0.264 e. The number of anilines is 1. The molecule has 0 spiro atoms. The molecule has 0 bridgehead atoms. The standard InChI is InChI=1S/C25H30N4O4S/c1-4-26-24-18(2)6-5-7-23(24)34(31,32)27-21-11-10-20(16-22(21)33-3)25(30)29-14-12-28(13-15-29)17-19-8-9-19/h4-7,10-11,16,19,27H,1-2,8-9,12-15,17H2,3H3. The number of piperazine rings is 1. The van der Waals surface area contributed by atoms with Crippen molar-refractivity contribution in [1.29, 1.82) is 0 Å². The Hall–Kier alpha value is -3.17. The number of hydrogen-bond acceptors (Lipinski definition) is 6. The van der Waals surface area contributed by atoms with Gasteiger partial charge in [-0.25, -0.2) is 8.42 Å². The van der Waals surface area contributed by atoms with E-state index in [4.69, 9.17) is 4.74 Å². The molecule has 0 atom stereocenters. The third-order valence-electron chi connectivity index (χ3n) is 6.16. The Bertz CT molecular complexity index is 1190. The zero-order valence-electron chi connectivity index (χ0n) is 19.4. The van der Waals surface area contributed by atoms with Crippen molar-refractivity contribution in [3.63, 3.8) is 0 Å². The molecule has 0 aromatic heterocycles. The fourth-order valence-corrected chi connectivity index (χ4v) is 5.38. The highest BCUT2D eigenvalue weighted by Gasteiger charge is 2.29. The highest BCUT2D eigenvalue weighted by atomic mass is 32.2. The van der Waals surface area contributed by atoms with Crippen molar-refractivity contribution in [2.24, 2.45) is 10.9 Å². The number of amides is 1. The molecule has 1 aromatic rings. The van der Waals surface area contributed by atoms with Gasteiger partial charge in [0.1, 0.15) is 10.7 Å². The fraction of sp³-hybridized carbons (Fsp3) is 0.360. The maximum atomic E-state index is 13.1. The molecule has 1 aromatic carbocycles. The molecule has 9 heteroatoms. The molecule has 1 amide bonds. The van der Waals surface area contributed by atoms with E-state index in [9.17, 15) is 13.2 Å². The quantitative estimate of drug-likeness (QED) is 0.615. The molecule has 2 fully saturated rings. The molecule has 4 rings (SSSR count). The lowest BCUT2D eigenvalue weighted by Gasteiger charge is -2.34. The lowest BCUT2D eigenvalue weighted by Crippen LogP contribution is -2.49. The first-order valence-electron chi connectivity index (χ1n) is 11.3. The predicted octanol–water partition coefficient (Wildman–Crippen LogP) is 3.20. The fourth-order valence-electron chi connectivity index (χ4n) is 4.11. The van der Waals surface area contributed by atoms with Gasteiger partial charge in [0.2, 0.25) is 0 Å². The van der Waals surface area contributed by atoms with Crippen LogP contribution in [0.3, 0.4) is 0 Å². The molecule has 34 heavy (non-hydrogen) atoms. The molecule has 0 radical (unpaired) electrons. The number of rotatable bonds is 8. The molecule has 1 N–H and O–H groups in total. The van der Waals surface area contributed by atoms with Crippen LogP contribution in [0, 0.1) is 5.92 Å². The molecular formula is C25H30N4O4S. The average Bonchev–Trinajstić information content (AvgIpc) is 3.64. The third kappa shape index (κ3) is 5.31. The molecule has 0 unspecified atom stereocenters. The van der Waals surface area contributed by atoms with Crippen molar-refractivity contribution >= 4 is 27.3 Å². The number of hydrogen-bond donors (Lipinski definition) is 1. The van der Waals surface area contributed by atoms with E-state index in [2.05, 4.69) is 27.8 Å².